The van der Waals surface area contributed by atoms with Gasteiger partial charge in [0.05, 0.1) is 17.5 Å². The van der Waals surface area contributed by atoms with Crippen LogP contribution in [0.2, 0.25) is 0 Å². The first-order valence-electron chi connectivity index (χ1n) is 5.76. The van der Waals surface area contributed by atoms with Crippen LogP contribution in [0.5, 0.6) is 0 Å². The third-order valence-electron chi connectivity index (χ3n) is 2.66. The van der Waals surface area contributed by atoms with E-state index in [4.69, 9.17) is 9.68 Å². The van der Waals surface area contributed by atoms with Crippen LogP contribution in [0.4, 0.5) is 0 Å². The largest absolute Gasteiger partial charge is 0.545 e. The summed E-state index contributed by atoms with van der Waals surface area (Å²) in [6, 6.07) is 10.3. The standard InChI is InChI=1S/C15H9NO5/c16-8-11(15(19)20)7-12-5-6-13(21-12)9-1-3-10(4-2-9)14(17)18/h1-7H,(H,17,18)(H,19,20)/p-2/b11-7+. The van der Waals surface area contributed by atoms with E-state index in [0.717, 1.165) is 6.08 Å². The highest BCUT2D eigenvalue weighted by molar-refractivity contribution is 5.94. The normalized spacial score (nSPS) is 10.9. The van der Waals surface area contributed by atoms with Crippen molar-refractivity contribution >= 4 is 18.0 Å². The molecule has 6 nitrogen and oxygen atoms in total. The number of hydrogen-bond donors (Lipinski definition) is 0. The van der Waals surface area contributed by atoms with Gasteiger partial charge in [-0.25, -0.2) is 0 Å². The molecule has 2 aromatic rings. The van der Waals surface area contributed by atoms with Gasteiger partial charge in [-0.1, -0.05) is 24.3 Å². The van der Waals surface area contributed by atoms with Gasteiger partial charge in [0.2, 0.25) is 0 Å². The molecule has 0 radical (unpaired) electrons. The summed E-state index contributed by atoms with van der Waals surface area (Å²) in [5.41, 5.74) is 0.0870. The molecule has 0 saturated heterocycles. The van der Waals surface area contributed by atoms with Crippen molar-refractivity contribution in [2.45, 2.75) is 0 Å². The number of nitrogens with zero attached hydrogens (tertiary/aromatic N) is 1. The minimum Gasteiger partial charge on any atom is -0.545 e. The summed E-state index contributed by atoms with van der Waals surface area (Å²) in [4.78, 5) is 21.2. The molecule has 0 aliphatic heterocycles. The van der Waals surface area contributed by atoms with Crippen LogP contribution in [0.15, 0.2) is 46.4 Å². The number of carboxylic acid groups (broad SMARTS) is 2. The van der Waals surface area contributed by atoms with Gasteiger partial charge in [-0.3, -0.25) is 0 Å². The van der Waals surface area contributed by atoms with Crippen LogP contribution in [0, 0.1) is 11.3 Å². The van der Waals surface area contributed by atoms with E-state index in [1.54, 1.807) is 6.07 Å². The number of nitriles is 1. The molecule has 0 aliphatic rings. The summed E-state index contributed by atoms with van der Waals surface area (Å²) in [7, 11) is 0. The lowest BCUT2D eigenvalue weighted by molar-refractivity contribution is -0.298. The first kappa shape index (κ1) is 14.1. The third kappa shape index (κ3) is 3.16. The van der Waals surface area contributed by atoms with Gasteiger partial charge in [0.25, 0.3) is 0 Å². The minimum absolute atomic E-state index is 0.0362. The van der Waals surface area contributed by atoms with Crippen molar-refractivity contribution in [1.29, 1.82) is 5.26 Å². The fraction of sp³-hybridized carbons (Fsp3) is 0. The topological polar surface area (TPSA) is 117 Å². The van der Waals surface area contributed by atoms with E-state index < -0.39 is 17.5 Å². The maximum atomic E-state index is 10.6. The van der Waals surface area contributed by atoms with Crippen LogP contribution >= 0.6 is 0 Å². The number of aromatic carboxylic acids is 1. The predicted molar refractivity (Wildman–Crippen MR) is 67.1 cm³/mol. The van der Waals surface area contributed by atoms with Crippen molar-refractivity contribution in [1.82, 2.24) is 0 Å². The molecule has 0 amide bonds. The predicted octanol–water partition coefficient (Wildman–Crippen LogP) is -0.0330. The second-order valence-corrected chi connectivity index (χ2v) is 4.02. The Morgan fingerprint density at radius 2 is 1.76 bits per heavy atom. The van der Waals surface area contributed by atoms with E-state index in [2.05, 4.69) is 0 Å². The van der Waals surface area contributed by atoms with Gasteiger partial charge < -0.3 is 24.2 Å². The highest BCUT2D eigenvalue weighted by Crippen LogP contribution is 2.23. The molecule has 1 heterocycles. The fourth-order valence-corrected chi connectivity index (χ4v) is 1.64. The minimum atomic E-state index is -1.59. The zero-order chi connectivity index (χ0) is 15.4. The van der Waals surface area contributed by atoms with E-state index in [1.807, 2.05) is 0 Å². The lowest BCUT2D eigenvalue weighted by Crippen LogP contribution is -2.23. The average Bonchev–Trinajstić information content (AvgIpc) is 2.93. The zero-order valence-electron chi connectivity index (χ0n) is 10.5. The maximum Gasteiger partial charge on any atom is 0.134 e. The summed E-state index contributed by atoms with van der Waals surface area (Å²) in [6.07, 6.45) is 1.05. The van der Waals surface area contributed by atoms with Crippen LogP contribution in [-0.4, -0.2) is 11.9 Å². The second-order valence-electron chi connectivity index (χ2n) is 4.02. The monoisotopic (exact) mass is 281 g/mol. The molecule has 0 N–H and O–H groups in total. The number of carboxylic acids is 2. The van der Waals surface area contributed by atoms with Crippen LogP contribution in [0.1, 0.15) is 16.1 Å². The molecule has 104 valence electrons. The quantitative estimate of drug-likeness (QED) is 0.573. The van der Waals surface area contributed by atoms with Gasteiger partial charge in [-0.05, 0) is 17.7 Å². The number of hydrogen-bond acceptors (Lipinski definition) is 6. The number of furan rings is 1. The molecule has 0 aliphatic carbocycles. The molecule has 21 heavy (non-hydrogen) atoms. The van der Waals surface area contributed by atoms with Crippen molar-refractivity contribution in [3.05, 3.63) is 53.3 Å². The molecule has 0 unspecified atom stereocenters. The SMILES string of the molecule is N#C/C(=C\c1ccc(-c2ccc(C(=O)[O-])cc2)o1)C(=O)[O-]. The fourth-order valence-electron chi connectivity index (χ4n) is 1.64. The Balaban J connectivity index is 2.30. The maximum absolute atomic E-state index is 10.6. The first-order valence-corrected chi connectivity index (χ1v) is 5.76. The van der Waals surface area contributed by atoms with Gasteiger partial charge >= 0.3 is 0 Å². The molecule has 0 bridgehead atoms. The van der Waals surface area contributed by atoms with Crippen molar-refractivity contribution in [3.8, 4) is 17.4 Å². The van der Waals surface area contributed by atoms with Crippen LogP contribution in [-0.2, 0) is 4.79 Å². The van der Waals surface area contributed by atoms with Crippen LogP contribution < -0.4 is 10.2 Å². The lowest BCUT2D eigenvalue weighted by Gasteiger charge is -2.02. The summed E-state index contributed by atoms with van der Waals surface area (Å²) in [5.74, 6) is -2.29. The zero-order valence-corrected chi connectivity index (χ0v) is 10.5. The molecular formula is C15H7NO5-2. The second kappa shape index (κ2) is 5.75. The Bertz CT molecular complexity index is 762. The number of carbonyl (C=O) groups excluding carboxylic acids is 2. The molecule has 0 saturated carbocycles. The van der Waals surface area contributed by atoms with E-state index in [1.165, 1.54) is 36.4 Å². The Morgan fingerprint density at radius 3 is 2.29 bits per heavy atom. The number of carbonyl (C=O) groups is 2. The van der Waals surface area contributed by atoms with Gasteiger partial charge in [-0.2, -0.15) is 5.26 Å². The van der Waals surface area contributed by atoms with Gasteiger partial charge in [0, 0.05) is 11.6 Å². The van der Waals surface area contributed by atoms with E-state index >= 15 is 0 Å². The molecule has 6 heteroatoms. The highest BCUT2D eigenvalue weighted by atomic mass is 16.4. The molecule has 0 spiro atoms. The molecule has 2 rings (SSSR count). The molecule has 1 aromatic heterocycles. The third-order valence-corrected chi connectivity index (χ3v) is 2.66. The molecular weight excluding hydrogens is 274 g/mol. The van der Waals surface area contributed by atoms with Crippen molar-refractivity contribution in [2.75, 3.05) is 0 Å². The van der Waals surface area contributed by atoms with Gasteiger partial charge in [-0.15, -0.1) is 0 Å². The van der Waals surface area contributed by atoms with Crippen molar-refractivity contribution < 1.29 is 24.2 Å². The Kier molecular flexibility index (Phi) is 3.86. The Labute approximate surface area is 119 Å². The first-order chi connectivity index (χ1) is 10.0. The Hall–Kier alpha value is -3.33. The Morgan fingerprint density at radius 1 is 1.10 bits per heavy atom. The molecule has 0 fully saturated rings. The molecule has 0 atom stereocenters. The van der Waals surface area contributed by atoms with Crippen molar-refractivity contribution in [2.24, 2.45) is 0 Å². The van der Waals surface area contributed by atoms with Crippen LogP contribution in [0.3, 0.4) is 0 Å². The van der Waals surface area contributed by atoms with Gasteiger partial charge in [0.15, 0.2) is 0 Å². The summed E-state index contributed by atoms with van der Waals surface area (Å²) >= 11 is 0. The average molecular weight is 281 g/mol. The molecule has 1 aromatic carbocycles. The van der Waals surface area contributed by atoms with Crippen LogP contribution in [0.25, 0.3) is 17.4 Å². The number of aliphatic carboxylic acids is 1. The summed E-state index contributed by atoms with van der Waals surface area (Å²) in [5, 5.41) is 29.9. The highest BCUT2D eigenvalue weighted by Gasteiger charge is 2.05. The number of rotatable bonds is 4. The summed E-state index contributed by atoms with van der Waals surface area (Å²) < 4.78 is 5.37. The smallest absolute Gasteiger partial charge is 0.134 e. The van der Waals surface area contributed by atoms with E-state index in [0.29, 0.717) is 11.3 Å². The van der Waals surface area contributed by atoms with Gasteiger partial charge in [0.1, 0.15) is 17.6 Å². The van der Waals surface area contributed by atoms with E-state index in [9.17, 15) is 19.8 Å². The van der Waals surface area contributed by atoms with Crippen molar-refractivity contribution in [3.63, 3.8) is 0 Å². The summed E-state index contributed by atoms with van der Waals surface area (Å²) in [6.45, 7) is 0. The lowest BCUT2D eigenvalue weighted by atomic mass is 10.1. The van der Waals surface area contributed by atoms with E-state index in [-0.39, 0.29) is 11.3 Å². The number of benzene rings is 1.